The van der Waals surface area contributed by atoms with E-state index in [0.717, 1.165) is 5.56 Å². The first-order valence-electron chi connectivity index (χ1n) is 29.5. The van der Waals surface area contributed by atoms with Crippen molar-refractivity contribution in [3.63, 3.8) is 0 Å². The van der Waals surface area contributed by atoms with Crippen molar-refractivity contribution in [1.29, 1.82) is 0 Å². The molecule has 2 fully saturated rings. The van der Waals surface area contributed by atoms with E-state index in [2.05, 4.69) is 70.5 Å². The Morgan fingerprint density at radius 1 is 0.489 bits per heavy atom. The maximum Gasteiger partial charge on any atom is 0.305 e. The number of unbranched alkanes of at least 4 members (excludes halogenated alkanes) is 2. The van der Waals surface area contributed by atoms with Gasteiger partial charge in [0, 0.05) is 44.3 Å². The summed E-state index contributed by atoms with van der Waals surface area (Å²) >= 11 is 3.92. The van der Waals surface area contributed by atoms with Gasteiger partial charge in [-0.3, -0.25) is 72.3 Å². The Labute approximate surface area is 526 Å². The minimum absolute atomic E-state index is 0.0175. The van der Waals surface area contributed by atoms with Crippen molar-refractivity contribution in [3.8, 4) is 0 Å². The van der Waals surface area contributed by atoms with Crippen molar-refractivity contribution in [2.45, 2.75) is 139 Å². The van der Waals surface area contributed by atoms with E-state index < -0.39 is 158 Å². The molecule has 21 N–H and O–H groups in total. The zero-order chi connectivity index (χ0) is 66.5. The number of aliphatic carboxylic acids is 2. The van der Waals surface area contributed by atoms with Crippen molar-refractivity contribution in [2.24, 2.45) is 50.5 Å². The maximum absolute atomic E-state index is 13.8. The third-order valence-corrected chi connectivity index (χ3v) is 14.4. The van der Waals surface area contributed by atoms with Crippen LogP contribution in [0.15, 0.2) is 70.6 Å². The van der Waals surface area contributed by atoms with Crippen molar-refractivity contribution < 1.29 is 72.5 Å². The van der Waals surface area contributed by atoms with Crippen LogP contribution in [-0.4, -0.2) is 180 Å². The topological polar surface area (TPSA) is 525 Å². The Hall–Kier alpha value is -9.20. The van der Waals surface area contributed by atoms with Crippen LogP contribution in [0.1, 0.15) is 101 Å². The predicted molar refractivity (Wildman–Crippen MR) is 332 cm³/mol. The summed E-state index contributed by atoms with van der Waals surface area (Å²) in [7, 11) is 0. The molecule has 90 heavy (non-hydrogen) atoms. The summed E-state index contributed by atoms with van der Waals surface area (Å²) in [6, 6.07) is 10.4. The summed E-state index contributed by atoms with van der Waals surface area (Å²) in [6.07, 6.45) is 0.987. The fourth-order valence-electron chi connectivity index (χ4n) is 9.45. The highest BCUT2D eigenvalue weighted by Gasteiger charge is 2.36. The number of amides is 9. The average molecular weight is 1280 g/mol. The van der Waals surface area contributed by atoms with Crippen molar-refractivity contribution in [3.05, 3.63) is 71.8 Å². The highest BCUT2D eigenvalue weighted by atomic mass is 32.1. The molecule has 2 aromatic rings. The van der Waals surface area contributed by atoms with E-state index in [0.29, 0.717) is 50.8 Å². The largest absolute Gasteiger partial charge is 0.481 e. The van der Waals surface area contributed by atoms with Crippen LogP contribution in [0.3, 0.4) is 0 Å². The SMILES string of the molecule is NC(N)=NCCC[C@@H]1NC(=O)[C@@H](CCCCNC(=O)CS)NC(=O)[C@H](Cc2ccccc2)CC(=O)[C@H](CC(=O)O)NC(=O)CNC1=O.NCCCC[C@H]1NC(=O)[C@H](Cc2ccccc2)CC(=O)[C@H](CC(=O)O)NC(=O)CNC(=O)[C@H](CCCN=C(N)N)NC1=O. The molecular weight excluding hydrogens is 1190 g/mol. The van der Waals surface area contributed by atoms with Gasteiger partial charge in [0.2, 0.25) is 53.2 Å². The normalized spacial score (nSPS) is 21.7. The number of carbonyl (C=O) groups excluding carboxylic acids is 11. The first-order chi connectivity index (χ1) is 42.9. The number of hydrogen-bond donors (Lipinski definition) is 17. The second kappa shape index (κ2) is 41.1. The van der Waals surface area contributed by atoms with Crippen LogP contribution in [-0.2, 0) is 75.2 Å². The number of Topliss-reactive ketones (excluding diaryl/α,β-unsaturated/α-hetero) is 2. The van der Waals surface area contributed by atoms with E-state index in [-0.39, 0.29) is 81.6 Å². The summed E-state index contributed by atoms with van der Waals surface area (Å²) < 4.78 is 0. The number of carbonyl (C=O) groups is 13. The molecule has 32 heteroatoms. The first kappa shape index (κ1) is 75.1. The highest BCUT2D eigenvalue weighted by Crippen LogP contribution is 2.19. The van der Waals surface area contributed by atoms with Gasteiger partial charge in [0.05, 0.1) is 43.8 Å². The monoisotopic (exact) mass is 1280 g/mol. The molecule has 9 amide bonds. The van der Waals surface area contributed by atoms with E-state index in [1.807, 2.05) is 0 Å². The van der Waals surface area contributed by atoms with Crippen LogP contribution in [0.2, 0.25) is 0 Å². The number of rotatable bonds is 26. The Morgan fingerprint density at radius 2 is 0.856 bits per heavy atom. The molecule has 31 nitrogen and oxygen atoms in total. The summed E-state index contributed by atoms with van der Waals surface area (Å²) in [5, 5.41) is 41.8. The number of benzene rings is 2. The van der Waals surface area contributed by atoms with Gasteiger partial charge in [0.1, 0.15) is 24.2 Å². The molecule has 8 atom stereocenters. The number of ketones is 2. The quantitative estimate of drug-likeness (QED) is 0.0186. The Kier molecular flexibility index (Phi) is 34.3. The number of hydrogen-bond acceptors (Lipinski definition) is 17. The number of guanidine groups is 2. The van der Waals surface area contributed by atoms with Crippen molar-refractivity contribution in [1.82, 2.24) is 47.9 Å². The number of carboxylic acids is 2. The number of carboxylic acid groups (broad SMARTS) is 2. The van der Waals surface area contributed by atoms with Crippen molar-refractivity contribution in [2.75, 3.05) is 45.0 Å². The van der Waals surface area contributed by atoms with Gasteiger partial charge in [-0.15, -0.1) is 0 Å². The summed E-state index contributed by atoms with van der Waals surface area (Å²) in [5.74, 6) is -12.2. The van der Waals surface area contributed by atoms with E-state index in [9.17, 15) is 72.5 Å². The lowest BCUT2D eigenvalue weighted by Gasteiger charge is -2.25. The number of nitrogens with two attached hydrogens (primary N) is 5. The van der Waals surface area contributed by atoms with Crippen LogP contribution in [0.5, 0.6) is 0 Å². The lowest BCUT2D eigenvalue weighted by Crippen LogP contribution is -2.55. The number of nitrogens with one attached hydrogen (secondary N) is 9. The van der Waals surface area contributed by atoms with Gasteiger partial charge in [0.25, 0.3) is 0 Å². The first-order valence-corrected chi connectivity index (χ1v) is 30.1. The van der Waals surface area contributed by atoms with Gasteiger partial charge in [-0.25, -0.2) is 0 Å². The molecule has 4 rings (SSSR count). The van der Waals surface area contributed by atoms with Crippen LogP contribution < -0.4 is 76.5 Å². The Balaban J connectivity index is 0.000000472. The lowest BCUT2D eigenvalue weighted by atomic mass is 9.90. The molecule has 0 unspecified atom stereocenters. The van der Waals surface area contributed by atoms with Gasteiger partial charge in [-0.2, -0.15) is 12.6 Å². The van der Waals surface area contributed by atoms with Crippen molar-refractivity contribution >= 4 is 101 Å². The van der Waals surface area contributed by atoms with E-state index >= 15 is 0 Å². The second-order valence-electron chi connectivity index (χ2n) is 21.4. The van der Waals surface area contributed by atoms with Gasteiger partial charge in [-0.05, 0) is 94.7 Å². The molecule has 494 valence electrons. The van der Waals surface area contributed by atoms with Gasteiger partial charge in [0.15, 0.2) is 23.5 Å². The molecule has 0 radical (unpaired) electrons. The third kappa shape index (κ3) is 30.1. The molecule has 0 aliphatic carbocycles. The number of aliphatic imine (C=N–C) groups is 2. The zero-order valence-corrected chi connectivity index (χ0v) is 51.0. The molecule has 2 aliphatic rings. The standard InChI is InChI=1S/C30H44N8O8S.C28H42N8O7/c31-30(32)34-12-6-10-20-28(45)35-16-24(40)36-22(15-26(42)43)23(39)14-19(13-18-7-2-1-3-8-18)27(44)37-21(29(46)38-20)9-4-5-11-33-25(41)17-47;29-11-5-4-9-20-27(43)36-19(10-6-12-32-28(30)31)26(42)33-16-23(38)34-21(15-24(39)40)22(37)14-18(25(41)35-20)13-17-7-2-1-3-8-17/h1-3,7-8,19-22,47H,4-6,9-17H2,(H,33,41)(H,35,45)(H,36,40)(H,37,44)(H,38,46)(H,42,43)(H4,31,32,34);1-3,7-8,18-21H,4-6,9-16,29H2,(H,33,42)(H,34,38)(H,35,41)(H,36,43)(H,39,40)(H4,30,31,32)/t19-,20+,21-,22+;18-,19+,20-,21+/m11/s1. The van der Waals surface area contributed by atoms with Gasteiger partial charge >= 0.3 is 11.9 Å². The Morgan fingerprint density at radius 3 is 1.22 bits per heavy atom. The second-order valence-corrected chi connectivity index (χ2v) is 21.7. The van der Waals surface area contributed by atoms with Gasteiger partial charge in [-0.1, -0.05) is 60.7 Å². The fourth-order valence-corrected chi connectivity index (χ4v) is 9.56. The molecule has 0 saturated carbocycles. The highest BCUT2D eigenvalue weighted by molar-refractivity contribution is 7.81. The smallest absolute Gasteiger partial charge is 0.305 e. The molecule has 0 spiro atoms. The van der Waals surface area contributed by atoms with Gasteiger partial charge < -0.3 is 86.7 Å². The zero-order valence-electron chi connectivity index (χ0n) is 50.1. The predicted octanol–water partition coefficient (Wildman–Crippen LogP) is -3.82. The summed E-state index contributed by atoms with van der Waals surface area (Å²) in [5.41, 5.74) is 28.5. The van der Waals surface area contributed by atoms with E-state index in [1.165, 1.54) is 0 Å². The molecule has 2 saturated heterocycles. The molecule has 2 heterocycles. The van der Waals surface area contributed by atoms with E-state index in [4.69, 9.17) is 28.7 Å². The number of nitrogens with zero attached hydrogens (tertiary/aromatic N) is 2. The molecule has 0 bridgehead atoms. The minimum atomic E-state index is -1.47. The Bertz CT molecular complexity index is 2820. The summed E-state index contributed by atoms with van der Waals surface area (Å²) in [4.78, 5) is 175. The maximum atomic E-state index is 13.8. The van der Waals surface area contributed by atoms with E-state index in [1.54, 1.807) is 60.7 Å². The third-order valence-electron chi connectivity index (χ3n) is 14.1. The minimum Gasteiger partial charge on any atom is -0.481 e. The molecule has 2 aromatic carbocycles. The van der Waals surface area contributed by atoms with Crippen LogP contribution in [0, 0.1) is 11.8 Å². The number of thiol groups is 1. The van der Waals surface area contributed by atoms with Crippen LogP contribution >= 0.6 is 12.6 Å². The average Bonchev–Trinajstić information content (AvgIpc) is 3.77. The molecule has 0 aromatic heterocycles. The van der Waals surface area contributed by atoms with Crippen LogP contribution in [0.25, 0.3) is 0 Å². The van der Waals surface area contributed by atoms with Crippen LogP contribution in [0.4, 0.5) is 0 Å². The molecular formula is C58H86N16O15S. The lowest BCUT2D eigenvalue weighted by molar-refractivity contribution is -0.141. The summed E-state index contributed by atoms with van der Waals surface area (Å²) in [6.45, 7) is -0.161. The fraction of sp³-hybridized carbons (Fsp3) is 0.534. The molecule has 2 aliphatic heterocycles.